The van der Waals surface area contributed by atoms with E-state index in [9.17, 15) is 0 Å². The van der Waals surface area contributed by atoms with Crippen LogP contribution in [0.25, 0.3) is 34.4 Å². The van der Waals surface area contributed by atoms with Gasteiger partial charge in [-0.25, -0.2) is 0 Å². The van der Waals surface area contributed by atoms with Crippen molar-refractivity contribution in [2.45, 2.75) is 89.7 Å². The van der Waals surface area contributed by atoms with Gasteiger partial charge >= 0.3 is 290 Å². The zero-order chi connectivity index (χ0) is 33.2. The van der Waals surface area contributed by atoms with Crippen LogP contribution >= 0.6 is 0 Å². The zero-order valence-corrected chi connectivity index (χ0v) is 35.1. The number of fused-ring (bicyclic) bond motifs is 2. The third-order valence-corrected chi connectivity index (χ3v) is 42.1. The van der Waals surface area contributed by atoms with Gasteiger partial charge < -0.3 is 0 Å². The third kappa shape index (κ3) is 5.46. The summed E-state index contributed by atoms with van der Waals surface area (Å²) in [7, 11) is 0. The van der Waals surface area contributed by atoms with E-state index in [2.05, 4.69) is 155 Å². The average molecular weight is 788 g/mol. The number of hydrogen-bond donors (Lipinski definition) is 0. The topological polar surface area (TPSA) is 0 Å². The van der Waals surface area contributed by atoms with Crippen LogP contribution < -0.4 is 0 Å². The fraction of sp³-hybridized carbons (Fsp3) is 0.364. The van der Waals surface area contributed by atoms with Crippen LogP contribution in [0, 0.1) is 53.4 Å². The molecule has 2 aliphatic carbocycles. The SMILES string of the molecule is Cc1ccc(-c2cccc3c2C=C(C(C)C)[CH]3[Hf]([CH]2C(C(C)C)=Cc3c(-c4ccc(C)c(C)c4C)cccc32)[SiH](C)C)c(C)c1C. The van der Waals surface area contributed by atoms with Crippen molar-refractivity contribution in [2.75, 3.05) is 0 Å². The number of aryl methyl sites for hydroxylation is 2. The molecule has 237 valence electrons. The van der Waals surface area contributed by atoms with Crippen molar-refractivity contribution in [1.29, 1.82) is 0 Å². The number of hydrogen-bond acceptors (Lipinski definition) is 0. The normalized spacial score (nSPS) is 17.1. The summed E-state index contributed by atoms with van der Waals surface area (Å²) >= 11 is -2.47. The summed E-state index contributed by atoms with van der Waals surface area (Å²) in [6, 6.07) is 24.0. The Balaban J connectivity index is 1.55. The van der Waals surface area contributed by atoms with Gasteiger partial charge in [-0.15, -0.1) is 0 Å². The monoisotopic (exact) mass is 789 g/mol. The van der Waals surface area contributed by atoms with Gasteiger partial charge in [0.2, 0.25) is 0 Å². The maximum atomic E-state index is 2.71. The molecule has 2 heteroatoms. The summed E-state index contributed by atoms with van der Waals surface area (Å²) in [6.45, 7) is 29.0. The van der Waals surface area contributed by atoms with Gasteiger partial charge in [0.1, 0.15) is 0 Å². The molecule has 0 nitrogen and oxygen atoms in total. The van der Waals surface area contributed by atoms with Crippen molar-refractivity contribution in [3.63, 3.8) is 0 Å². The van der Waals surface area contributed by atoms with E-state index in [1.54, 1.807) is 22.3 Å². The molecule has 0 amide bonds. The molecular formula is C44H53HfSi. The first-order chi connectivity index (χ1) is 21.8. The minimum absolute atomic E-state index is 0.552. The van der Waals surface area contributed by atoms with Crippen molar-refractivity contribution in [1.82, 2.24) is 0 Å². The van der Waals surface area contributed by atoms with E-state index in [1.807, 2.05) is 0 Å². The van der Waals surface area contributed by atoms with E-state index in [0.29, 0.717) is 19.2 Å². The van der Waals surface area contributed by atoms with Crippen LogP contribution in [0.3, 0.4) is 0 Å². The molecule has 0 spiro atoms. The van der Waals surface area contributed by atoms with Crippen LogP contribution in [0.1, 0.15) is 90.7 Å². The molecule has 0 heterocycles. The van der Waals surface area contributed by atoms with Crippen molar-refractivity contribution in [3.8, 4) is 22.3 Å². The molecule has 2 atom stereocenters. The fourth-order valence-corrected chi connectivity index (χ4v) is 41.5. The van der Waals surface area contributed by atoms with E-state index < -0.39 is 26.6 Å². The predicted molar refractivity (Wildman–Crippen MR) is 202 cm³/mol. The molecular weight excluding hydrogens is 735 g/mol. The summed E-state index contributed by atoms with van der Waals surface area (Å²) in [5, 5.41) is 0. The summed E-state index contributed by atoms with van der Waals surface area (Å²) < 4.78 is 1.31. The maximum absolute atomic E-state index is 2.71. The molecule has 4 aromatic carbocycles. The molecule has 2 unspecified atom stereocenters. The molecule has 46 heavy (non-hydrogen) atoms. The molecule has 0 saturated heterocycles. The van der Waals surface area contributed by atoms with Gasteiger partial charge in [-0.2, -0.15) is 0 Å². The van der Waals surface area contributed by atoms with Crippen molar-refractivity contribution < 1.29 is 20.6 Å². The van der Waals surface area contributed by atoms with Crippen LogP contribution in [0.5, 0.6) is 0 Å². The standard InChI is InChI=1S/2C21H23.C2H7Si.Hf/c2*1-13(2)18-11-17-7-6-8-20(21(17)12-18)19-10-9-14(3)15(4)16(19)5;1-3-2;/h2*6-13H,1-5H3;3H,1-2H3;. The van der Waals surface area contributed by atoms with E-state index in [1.165, 1.54) is 66.8 Å². The molecule has 0 fully saturated rings. The van der Waals surface area contributed by atoms with Crippen molar-refractivity contribution in [3.05, 3.63) is 127 Å². The van der Waals surface area contributed by atoms with Crippen LogP contribution in [0.2, 0.25) is 13.1 Å². The van der Waals surface area contributed by atoms with Gasteiger partial charge in [0.15, 0.2) is 0 Å². The van der Waals surface area contributed by atoms with Gasteiger partial charge in [-0.3, -0.25) is 0 Å². The van der Waals surface area contributed by atoms with Crippen LogP contribution in [-0.4, -0.2) is 5.98 Å². The molecule has 0 radical (unpaired) electrons. The first kappa shape index (κ1) is 33.4. The summed E-state index contributed by atoms with van der Waals surface area (Å²) in [5.74, 6) is 0.137. The van der Waals surface area contributed by atoms with Crippen LogP contribution in [0.15, 0.2) is 71.8 Å². The molecule has 4 aromatic rings. The molecule has 2 aliphatic rings. The van der Waals surface area contributed by atoms with E-state index in [4.69, 9.17) is 0 Å². The van der Waals surface area contributed by atoms with E-state index in [-0.39, 0.29) is 0 Å². The molecule has 6 rings (SSSR count). The Morgan fingerprint density at radius 1 is 0.500 bits per heavy atom. The Hall–Kier alpha value is -2.55. The van der Waals surface area contributed by atoms with Crippen LogP contribution in [0.4, 0.5) is 0 Å². The second-order valence-corrected chi connectivity index (χ2v) is 43.0. The predicted octanol–water partition coefficient (Wildman–Crippen LogP) is 12.4. The average Bonchev–Trinajstić information content (AvgIpc) is 3.59. The first-order valence-corrected chi connectivity index (χ1v) is 30.8. The second-order valence-electron chi connectivity index (χ2n) is 15.1. The van der Waals surface area contributed by atoms with Gasteiger partial charge in [-0.05, 0) is 0 Å². The molecule has 0 N–H and O–H groups in total. The van der Waals surface area contributed by atoms with Crippen molar-refractivity contribution in [2.24, 2.45) is 11.8 Å². The molecule has 0 bridgehead atoms. The molecule has 0 aliphatic heterocycles. The minimum atomic E-state index is -2.47. The Bertz CT molecular complexity index is 1760. The van der Waals surface area contributed by atoms with E-state index >= 15 is 0 Å². The van der Waals surface area contributed by atoms with Crippen molar-refractivity contribution >= 4 is 18.1 Å². The summed E-state index contributed by atoms with van der Waals surface area (Å²) in [5.41, 5.74) is 24.0. The molecule has 0 aromatic heterocycles. The Labute approximate surface area is 288 Å². The Kier molecular flexibility index (Phi) is 9.29. The van der Waals surface area contributed by atoms with Crippen LogP contribution in [-0.2, 0) is 20.6 Å². The second kappa shape index (κ2) is 12.8. The number of allylic oxidation sites excluding steroid dienone is 2. The number of rotatable bonds is 7. The van der Waals surface area contributed by atoms with Gasteiger partial charge in [0.25, 0.3) is 0 Å². The summed E-state index contributed by atoms with van der Waals surface area (Å²) in [4.78, 5) is 0. The molecule has 0 saturated carbocycles. The first-order valence-electron chi connectivity index (χ1n) is 17.5. The Morgan fingerprint density at radius 3 is 1.24 bits per heavy atom. The third-order valence-electron chi connectivity index (χ3n) is 11.6. The van der Waals surface area contributed by atoms with Gasteiger partial charge in [-0.1, -0.05) is 0 Å². The van der Waals surface area contributed by atoms with Gasteiger partial charge in [0.05, 0.1) is 0 Å². The quantitative estimate of drug-likeness (QED) is 0.164. The van der Waals surface area contributed by atoms with E-state index in [0.717, 1.165) is 0 Å². The zero-order valence-electron chi connectivity index (χ0n) is 30.3. The van der Waals surface area contributed by atoms with Gasteiger partial charge in [0, 0.05) is 0 Å². The number of benzene rings is 4. The Morgan fingerprint density at radius 2 is 0.891 bits per heavy atom. The fourth-order valence-electron chi connectivity index (χ4n) is 8.39. The summed E-state index contributed by atoms with van der Waals surface area (Å²) in [6.07, 6.45) is 5.33.